The third-order valence-corrected chi connectivity index (χ3v) is 7.38. The van der Waals surface area contributed by atoms with Gasteiger partial charge >= 0.3 is 8.80 Å². The Hall–Kier alpha value is -0.923. The Kier molecular flexibility index (Phi) is 8.38. The molecule has 1 aromatic rings. The largest absolute Gasteiger partial charge is 0.501 e. The third-order valence-electron chi connectivity index (χ3n) is 4.26. The molecule has 0 N–H and O–H groups in total. The first-order valence-electron chi connectivity index (χ1n) is 9.45. The normalized spacial score (nSPS) is 20.9. The average molecular weight is 368 g/mol. The van der Waals surface area contributed by atoms with Gasteiger partial charge in [-0.3, -0.25) is 0 Å². The summed E-state index contributed by atoms with van der Waals surface area (Å²) >= 11 is 0. The minimum Gasteiger partial charge on any atom is -0.379 e. The highest BCUT2D eigenvalue weighted by Crippen LogP contribution is 2.25. The van der Waals surface area contributed by atoms with Crippen LogP contribution >= 0.6 is 0 Å². The van der Waals surface area contributed by atoms with E-state index in [1.165, 1.54) is 5.69 Å². The van der Waals surface area contributed by atoms with Crippen molar-refractivity contribution < 1.29 is 18.0 Å². The second-order valence-electron chi connectivity index (χ2n) is 6.55. The van der Waals surface area contributed by atoms with Crippen molar-refractivity contribution in [3.8, 4) is 0 Å². The number of benzene rings is 1. The Morgan fingerprint density at radius 3 is 2.44 bits per heavy atom. The van der Waals surface area contributed by atoms with Gasteiger partial charge in [0.15, 0.2) is 0 Å². The van der Waals surface area contributed by atoms with Gasteiger partial charge in [-0.25, -0.2) is 0 Å². The van der Waals surface area contributed by atoms with Gasteiger partial charge in [-0.2, -0.15) is 0 Å². The summed E-state index contributed by atoms with van der Waals surface area (Å²) in [5, 5.41) is 0. The van der Waals surface area contributed by atoms with Crippen LogP contribution in [0.5, 0.6) is 0 Å². The van der Waals surface area contributed by atoms with Crippen molar-refractivity contribution in [3.63, 3.8) is 0 Å². The number of para-hydroxylation sites is 1. The molecule has 1 aliphatic rings. The summed E-state index contributed by atoms with van der Waals surface area (Å²) in [5.74, 6) is 0. The highest BCUT2D eigenvalue weighted by Gasteiger charge is 2.43. The van der Waals surface area contributed by atoms with Crippen molar-refractivity contribution in [2.45, 2.75) is 52.3 Å². The zero-order valence-electron chi connectivity index (χ0n) is 16.1. The van der Waals surface area contributed by atoms with E-state index in [1.807, 2.05) is 19.9 Å². The van der Waals surface area contributed by atoms with Crippen LogP contribution in [0.2, 0.25) is 6.04 Å². The molecule has 142 valence electrons. The molecule has 0 bridgehead atoms. The molecule has 1 unspecified atom stereocenters. The van der Waals surface area contributed by atoms with E-state index in [2.05, 4.69) is 43.0 Å². The molecule has 25 heavy (non-hydrogen) atoms. The van der Waals surface area contributed by atoms with E-state index in [-0.39, 0.29) is 6.10 Å². The second kappa shape index (κ2) is 10.3. The highest BCUT2D eigenvalue weighted by atomic mass is 28.4. The van der Waals surface area contributed by atoms with Crippen LogP contribution < -0.4 is 4.90 Å². The number of rotatable bonds is 8. The molecule has 1 heterocycles. The number of hydrogen-bond donors (Lipinski definition) is 0. The van der Waals surface area contributed by atoms with Crippen LogP contribution in [0.1, 0.15) is 34.1 Å². The molecule has 1 aliphatic heterocycles. The fourth-order valence-electron chi connectivity index (χ4n) is 3.19. The lowest BCUT2D eigenvalue weighted by atomic mass is 10.2. The van der Waals surface area contributed by atoms with Gasteiger partial charge in [-0.15, -0.1) is 0 Å². The topological polar surface area (TPSA) is 40.2 Å². The summed E-state index contributed by atoms with van der Waals surface area (Å²) in [7, 11) is -2.64. The first kappa shape index (κ1) is 20.4. The van der Waals surface area contributed by atoms with Gasteiger partial charge in [0, 0.05) is 44.1 Å². The van der Waals surface area contributed by atoms with E-state index in [0.29, 0.717) is 25.9 Å². The van der Waals surface area contributed by atoms with Crippen molar-refractivity contribution in [2.75, 3.05) is 37.9 Å². The summed E-state index contributed by atoms with van der Waals surface area (Å²) in [6.45, 7) is 11.7. The van der Waals surface area contributed by atoms with Crippen molar-refractivity contribution in [1.82, 2.24) is 0 Å². The summed E-state index contributed by atoms with van der Waals surface area (Å²) in [5.41, 5.74) is 1.20. The molecule has 1 saturated heterocycles. The van der Waals surface area contributed by atoms with Gasteiger partial charge in [-0.05, 0) is 46.2 Å². The minimum absolute atomic E-state index is 0.0623. The summed E-state index contributed by atoms with van der Waals surface area (Å²) < 4.78 is 24.4. The maximum atomic E-state index is 6.49. The highest BCUT2D eigenvalue weighted by molar-refractivity contribution is 6.60. The Morgan fingerprint density at radius 1 is 1.16 bits per heavy atom. The summed E-state index contributed by atoms with van der Waals surface area (Å²) in [6.07, 6.45) is 0.860. The number of hydrogen-bond acceptors (Lipinski definition) is 5. The number of ether oxygens (including phenoxy) is 1. The monoisotopic (exact) mass is 367 g/mol. The molecule has 1 atom stereocenters. The van der Waals surface area contributed by atoms with E-state index in [4.69, 9.17) is 18.0 Å². The molecule has 0 aliphatic carbocycles. The average Bonchev–Trinajstić information content (AvgIpc) is 2.58. The fourth-order valence-corrected chi connectivity index (χ4v) is 5.92. The smallest absolute Gasteiger partial charge is 0.379 e. The van der Waals surface area contributed by atoms with Gasteiger partial charge in [0.1, 0.15) is 0 Å². The van der Waals surface area contributed by atoms with Gasteiger partial charge < -0.3 is 22.9 Å². The van der Waals surface area contributed by atoms with Gasteiger partial charge in [0.25, 0.3) is 0 Å². The van der Waals surface area contributed by atoms with Crippen LogP contribution in [0.3, 0.4) is 0 Å². The Bertz CT molecular complexity index is 480. The number of anilines is 1. The Labute approximate surface area is 153 Å². The molecule has 1 aromatic carbocycles. The molecule has 0 radical (unpaired) electrons. The lowest BCUT2D eigenvalue weighted by Crippen LogP contribution is -2.53. The first-order chi connectivity index (χ1) is 12.1. The maximum Gasteiger partial charge on any atom is 0.501 e. The summed E-state index contributed by atoms with van der Waals surface area (Å²) in [4.78, 5) is 2.35. The molecule has 0 saturated carbocycles. The first-order valence-corrected chi connectivity index (χ1v) is 11.4. The molecular weight excluding hydrogens is 334 g/mol. The fraction of sp³-hybridized carbons (Fsp3) is 0.684. The molecule has 5 nitrogen and oxygen atoms in total. The Morgan fingerprint density at radius 2 is 1.84 bits per heavy atom. The van der Waals surface area contributed by atoms with E-state index in [9.17, 15) is 0 Å². The minimum atomic E-state index is -2.64. The second-order valence-corrected chi connectivity index (χ2v) is 9.23. The molecule has 6 heteroatoms. The predicted octanol–water partition coefficient (Wildman–Crippen LogP) is 3.72. The lowest BCUT2D eigenvalue weighted by molar-refractivity contribution is -0.0222. The zero-order valence-corrected chi connectivity index (χ0v) is 17.1. The van der Waals surface area contributed by atoms with E-state index in [0.717, 1.165) is 25.6 Å². The van der Waals surface area contributed by atoms with E-state index < -0.39 is 8.80 Å². The summed E-state index contributed by atoms with van der Waals surface area (Å²) in [6, 6.07) is 11.6. The van der Waals surface area contributed by atoms with Crippen LogP contribution in [0.4, 0.5) is 5.69 Å². The van der Waals surface area contributed by atoms with Crippen molar-refractivity contribution in [1.29, 1.82) is 0 Å². The van der Waals surface area contributed by atoms with Gasteiger partial charge in [0.2, 0.25) is 0 Å². The Balaban J connectivity index is 2.15. The maximum absolute atomic E-state index is 6.49. The van der Waals surface area contributed by atoms with Gasteiger partial charge in [0.05, 0.1) is 12.7 Å². The van der Waals surface area contributed by atoms with Crippen LogP contribution in [0.25, 0.3) is 0 Å². The van der Waals surface area contributed by atoms with Crippen LogP contribution in [-0.2, 0) is 18.0 Å². The molecular formula is C19H33NO4Si. The van der Waals surface area contributed by atoms with Crippen LogP contribution in [-0.4, -0.2) is 53.9 Å². The van der Waals surface area contributed by atoms with E-state index in [1.54, 1.807) is 0 Å². The predicted molar refractivity (Wildman–Crippen MR) is 103 cm³/mol. The number of nitrogens with zero attached hydrogens (tertiary/aromatic N) is 1. The third kappa shape index (κ3) is 6.08. The van der Waals surface area contributed by atoms with Crippen molar-refractivity contribution >= 4 is 14.5 Å². The molecule has 0 spiro atoms. The SMILES string of the molecule is CCO[Si]1(OCC)CCCOCC(CN(c2ccccc2)C(C)C)O1. The van der Waals surface area contributed by atoms with Crippen molar-refractivity contribution in [2.24, 2.45) is 0 Å². The van der Waals surface area contributed by atoms with Crippen molar-refractivity contribution in [3.05, 3.63) is 30.3 Å². The van der Waals surface area contributed by atoms with Crippen LogP contribution in [0, 0.1) is 0 Å². The van der Waals surface area contributed by atoms with Crippen LogP contribution in [0.15, 0.2) is 30.3 Å². The molecule has 0 aromatic heterocycles. The van der Waals surface area contributed by atoms with E-state index >= 15 is 0 Å². The lowest BCUT2D eigenvalue weighted by Gasteiger charge is -2.38. The quantitative estimate of drug-likeness (QED) is 0.655. The molecule has 0 amide bonds. The molecule has 1 fully saturated rings. The van der Waals surface area contributed by atoms with Gasteiger partial charge in [-0.1, -0.05) is 18.2 Å². The zero-order chi connectivity index (χ0) is 18.1. The standard InChI is InChI=1S/C19H33NO4Si/c1-5-22-25(23-6-2)14-10-13-21-16-19(24-25)15-20(17(3)4)18-11-8-7-9-12-18/h7-9,11-12,17,19H,5-6,10,13-16H2,1-4H3. The molecule has 2 rings (SSSR count).